The van der Waals surface area contributed by atoms with Gasteiger partial charge in [-0.1, -0.05) is 66.0 Å². The van der Waals surface area contributed by atoms with Crippen LogP contribution in [0.5, 0.6) is 0 Å². The summed E-state index contributed by atoms with van der Waals surface area (Å²) in [7, 11) is 0. The minimum Gasteiger partial charge on any atom is -0.464 e. The summed E-state index contributed by atoms with van der Waals surface area (Å²) in [4.78, 5) is 11.1. The topological polar surface area (TPSA) is 52.3 Å². The van der Waals surface area contributed by atoms with Gasteiger partial charge in [-0.3, -0.25) is 4.79 Å². The lowest BCUT2D eigenvalue weighted by Crippen LogP contribution is -2.67. The van der Waals surface area contributed by atoms with Crippen LogP contribution >= 0.6 is 0 Å². The molecular weight excluding hydrogens is 394 g/mol. The van der Waals surface area contributed by atoms with Gasteiger partial charge >= 0.3 is 0 Å². The lowest BCUT2D eigenvalue weighted by atomic mass is 9.34. The number of carbonyl (C=O) groups excluding carboxylic acids is 1. The molecule has 4 fully saturated rings. The predicted octanol–water partition coefficient (Wildman–Crippen LogP) is 6.51. The summed E-state index contributed by atoms with van der Waals surface area (Å²) in [6, 6.07) is 0.183. The molecule has 5 rings (SSSR count). The summed E-state index contributed by atoms with van der Waals surface area (Å²) < 4.78 is 5.54. The van der Waals surface area contributed by atoms with Crippen molar-refractivity contribution >= 4 is 6.47 Å². The van der Waals surface area contributed by atoms with Crippen molar-refractivity contribution in [2.24, 2.45) is 57.0 Å². The van der Waals surface area contributed by atoms with Crippen LogP contribution in [0.3, 0.4) is 0 Å². The first-order chi connectivity index (χ1) is 15.0. The predicted molar refractivity (Wildman–Crippen MR) is 130 cm³/mol. The van der Waals surface area contributed by atoms with Crippen molar-refractivity contribution < 1.29 is 9.53 Å². The monoisotopic (exact) mass is 441 g/mol. The molecular formula is C29H47NO2. The zero-order chi connectivity index (χ0) is 23.1. The van der Waals surface area contributed by atoms with E-state index in [2.05, 4.69) is 47.6 Å². The Hall–Kier alpha value is -0.830. The summed E-state index contributed by atoms with van der Waals surface area (Å²) in [5.74, 6) is 2.99. The summed E-state index contributed by atoms with van der Waals surface area (Å²) >= 11 is 0. The van der Waals surface area contributed by atoms with Gasteiger partial charge in [0.2, 0.25) is 0 Å². The van der Waals surface area contributed by atoms with Crippen LogP contribution in [0.4, 0.5) is 0 Å². The second-order valence-corrected chi connectivity index (χ2v) is 13.8. The standard InChI is InChI=1S/C29H47NO2/c1-18-8-7-12-26(3)14-15-28(5)20(24(18)26)9-10-23-27(4)13-11-22(32-17-31)19(2)25(27)21(30)16-29(23,28)6/h9,17-19,21-25H,7-8,10-16,30H2,1-6H3. The number of allylic oxidation sites excluding steroid dienone is 2. The average molecular weight is 442 g/mol. The van der Waals surface area contributed by atoms with E-state index >= 15 is 0 Å². The molecule has 3 heteroatoms. The molecule has 0 amide bonds. The van der Waals surface area contributed by atoms with Crippen molar-refractivity contribution in [1.82, 2.24) is 0 Å². The first kappa shape index (κ1) is 22.9. The zero-order valence-electron chi connectivity index (χ0n) is 21.5. The van der Waals surface area contributed by atoms with E-state index in [9.17, 15) is 4.79 Å². The Labute approximate surface area is 196 Å². The Kier molecular flexibility index (Phi) is 5.26. The maximum absolute atomic E-state index is 11.1. The summed E-state index contributed by atoms with van der Waals surface area (Å²) in [5, 5.41) is 0. The Morgan fingerprint density at radius 1 is 1.06 bits per heavy atom. The van der Waals surface area contributed by atoms with Crippen LogP contribution < -0.4 is 5.73 Å². The molecule has 0 aliphatic heterocycles. The van der Waals surface area contributed by atoms with Gasteiger partial charge in [-0.15, -0.1) is 0 Å². The second-order valence-electron chi connectivity index (χ2n) is 13.8. The molecule has 2 N–H and O–H groups in total. The second kappa shape index (κ2) is 7.33. The van der Waals surface area contributed by atoms with Crippen LogP contribution in [0.25, 0.3) is 0 Å². The first-order valence-electron chi connectivity index (χ1n) is 13.6. The van der Waals surface area contributed by atoms with Crippen LogP contribution in [-0.2, 0) is 9.53 Å². The maximum Gasteiger partial charge on any atom is 0.293 e. The van der Waals surface area contributed by atoms with Gasteiger partial charge in [0.15, 0.2) is 0 Å². The Balaban J connectivity index is 1.57. The molecule has 5 aliphatic rings. The number of hydrogen-bond acceptors (Lipinski definition) is 3. The van der Waals surface area contributed by atoms with Crippen LogP contribution in [0, 0.1) is 51.2 Å². The zero-order valence-corrected chi connectivity index (χ0v) is 21.5. The molecule has 5 aliphatic carbocycles. The number of fused-ring (bicyclic) bond motifs is 7. The highest BCUT2D eigenvalue weighted by molar-refractivity contribution is 5.38. The Bertz CT molecular complexity index is 807. The highest BCUT2D eigenvalue weighted by Gasteiger charge is 2.68. The van der Waals surface area contributed by atoms with E-state index in [1.165, 1.54) is 38.5 Å². The smallest absolute Gasteiger partial charge is 0.293 e. The van der Waals surface area contributed by atoms with Gasteiger partial charge in [0.1, 0.15) is 6.10 Å². The number of carbonyl (C=O) groups is 1. The van der Waals surface area contributed by atoms with Gasteiger partial charge in [-0.05, 0) is 96.2 Å². The van der Waals surface area contributed by atoms with Gasteiger partial charge in [-0.25, -0.2) is 0 Å². The SMILES string of the molecule is CC1CCCC2(C)CCC3(C)C(=CCC4C5(C)CCC(OC=O)C(C)C5C(N)CC43C)C12. The van der Waals surface area contributed by atoms with Crippen molar-refractivity contribution in [3.05, 3.63) is 11.6 Å². The van der Waals surface area contributed by atoms with Crippen molar-refractivity contribution in [3.8, 4) is 0 Å². The molecule has 0 saturated heterocycles. The molecule has 11 atom stereocenters. The molecule has 3 nitrogen and oxygen atoms in total. The fourth-order valence-electron chi connectivity index (χ4n) is 10.9. The lowest BCUT2D eigenvalue weighted by Gasteiger charge is -2.71. The largest absolute Gasteiger partial charge is 0.464 e. The summed E-state index contributed by atoms with van der Waals surface area (Å²) in [5.41, 5.74) is 10.2. The van der Waals surface area contributed by atoms with Crippen molar-refractivity contribution in [1.29, 1.82) is 0 Å². The molecule has 0 bridgehead atoms. The molecule has 0 spiro atoms. The minimum atomic E-state index is 0.0322. The Morgan fingerprint density at radius 3 is 2.53 bits per heavy atom. The van der Waals surface area contributed by atoms with Gasteiger partial charge in [0, 0.05) is 6.04 Å². The number of hydrogen-bond donors (Lipinski definition) is 1. The molecule has 4 saturated carbocycles. The van der Waals surface area contributed by atoms with Crippen molar-refractivity contribution in [2.45, 2.75) is 111 Å². The quantitative estimate of drug-likeness (QED) is 0.393. The first-order valence-corrected chi connectivity index (χ1v) is 13.6. The molecule has 0 aromatic heterocycles. The Morgan fingerprint density at radius 2 is 1.81 bits per heavy atom. The molecule has 180 valence electrons. The van der Waals surface area contributed by atoms with Gasteiger partial charge < -0.3 is 10.5 Å². The minimum absolute atomic E-state index is 0.0322. The lowest BCUT2D eigenvalue weighted by molar-refractivity contribution is -0.192. The third kappa shape index (κ3) is 2.78. The summed E-state index contributed by atoms with van der Waals surface area (Å²) in [6.07, 6.45) is 14.1. The van der Waals surface area contributed by atoms with E-state index in [1.54, 1.807) is 0 Å². The van der Waals surface area contributed by atoms with E-state index in [0.29, 0.717) is 29.6 Å². The fraction of sp³-hybridized carbons (Fsp3) is 0.897. The van der Waals surface area contributed by atoms with Crippen LogP contribution in [0.1, 0.15) is 99.3 Å². The van der Waals surface area contributed by atoms with Gasteiger partial charge in [-0.2, -0.15) is 0 Å². The van der Waals surface area contributed by atoms with Crippen LogP contribution in [-0.4, -0.2) is 18.6 Å². The summed E-state index contributed by atoms with van der Waals surface area (Å²) in [6.45, 7) is 15.9. The molecule has 0 heterocycles. The molecule has 32 heavy (non-hydrogen) atoms. The number of ether oxygens (including phenoxy) is 1. The molecule has 0 radical (unpaired) electrons. The van der Waals surface area contributed by atoms with E-state index < -0.39 is 0 Å². The molecule has 11 unspecified atom stereocenters. The maximum atomic E-state index is 11.1. The van der Waals surface area contributed by atoms with Gasteiger partial charge in [0.05, 0.1) is 0 Å². The third-order valence-electron chi connectivity index (χ3n) is 12.5. The normalized spacial score (nSPS) is 57.2. The molecule has 0 aromatic rings. The van der Waals surface area contributed by atoms with E-state index in [0.717, 1.165) is 31.1 Å². The number of nitrogens with two attached hydrogens (primary N) is 1. The highest BCUT2D eigenvalue weighted by Crippen LogP contribution is 2.74. The van der Waals surface area contributed by atoms with Crippen molar-refractivity contribution in [2.75, 3.05) is 0 Å². The van der Waals surface area contributed by atoms with Crippen LogP contribution in [0.15, 0.2) is 11.6 Å². The third-order valence-corrected chi connectivity index (χ3v) is 12.5. The fourth-order valence-corrected chi connectivity index (χ4v) is 10.9. The highest BCUT2D eigenvalue weighted by atomic mass is 16.5. The van der Waals surface area contributed by atoms with E-state index in [4.69, 9.17) is 10.5 Å². The molecule has 0 aromatic carbocycles. The van der Waals surface area contributed by atoms with Gasteiger partial charge in [0.25, 0.3) is 6.47 Å². The van der Waals surface area contributed by atoms with Crippen molar-refractivity contribution in [3.63, 3.8) is 0 Å². The average Bonchev–Trinajstić information content (AvgIpc) is 2.71. The number of rotatable bonds is 2. The van der Waals surface area contributed by atoms with E-state index in [-0.39, 0.29) is 28.4 Å². The van der Waals surface area contributed by atoms with E-state index in [1.807, 2.05) is 5.57 Å². The van der Waals surface area contributed by atoms with Crippen LogP contribution in [0.2, 0.25) is 0 Å².